The second-order valence-electron chi connectivity index (χ2n) is 10.1. The standard InChI is InChI=1S/C25H33F4N4O2Si/c1-16(25(26,27)28)22-18-9-6-10-20(32-21-11-13-33(5)15-36(21)29)19(18)14-17(31-22)8-7-12-30-23(34)35-24(2,3)4/h6-10,14,16,21,32H,11-13,15H2,1-5H3,(H,30,34)/b8-7+/t16?,21-/m0/s1. The van der Waals surface area contributed by atoms with Crippen LogP contribution in [0.5, 0.6) is 0 Å². The van der Waals surface area contributed by atoms with Gasteiger partial charge < -0.3 is 24.4 Å². The first-order valence-corrected chi connectivity index (χ1v) is 13.5. The smallest absolute Gasteiger partial charge is 0.407 e. The highest BCUT2D eigenvalue weighted by molar-refractivity contribution is 6.54. The molecule has 0 saturated carbocycles. The van der Waals surface area contributed by atoms with Gasteiger partial charge in [-0.2, -0.15) is 13.2 Å². The van der Waals surface area contributed by atoms with Crippen molar-refractivity contribution < 1.29 is 26.8 Å². The number of benzene rings is 1. The summed E-state index contributed by atoms with van der Waals surface area (Å²) in [5.41, 5.74) is -0.193. The number of carbonyl (C=O) groups excluding carboxylic acids is 1. The topological polar surface area (TPSA) is 66.5 Å². The quantitative estimate of drug-likeness (QED) is 0.292. The Labute approximate surface area is 210 Å². The summed E-state index contributed by atoms with van der Waals surface area (Å²) in [6.07, 6.45) is -0.914. The largest absolute Gasteiger partial charge is 0.444 e. The van der Waals surface area contributed by atoms with Gasteiger partial charge in [-0.1, -0.05) is 18.2 Å². The molecule has 3 rings (SSSR count). The number of nitrogens with one attached hydrogen (secondary N) is 2. The van der Waals surface area contributed by atoms with Gasteiger partial charge in [0.25, 0.3) is 0 Å². The third kappa shape index (κ3) is 7.42. The van der Waals surface area contributed by atoms with Gasteiger partial charge in [0.1, 0.15) is 5.60 Å². The maximum absolute atomic E-state index is 14.8. The third-order valence-corrected chi connectivity index (χ3v) is 7.84. The molecule has 2 atom stereocenters. The number of hydrogen-bond acceptors (Lipinski definition) is 5. The number of aromatic nitrogens is 1. The Bertz CT molecular complexity index is 1100. The van der Waals surface area contributed by atoms with E-state index in [2.05, 4.69) is 15.6 Å². The van der Waals surface area contributed by atoms with Crippen molar-refractivity contribution in [1.82, 2.24) is 15.2 Å². The molecule has 0 bridgehead atoms. The van der Waals surface area contributed by atoms with Crippen molar-refractivity contribution in [3.05, 3.63) is 41.7 Å². The van der Waals surface area contributed by atoms with E-state index < -0.39 is 32.9 Å². The van der Waals surface area contributed by atoms with Crippen molar-refractivity contribution in [2.45, 2.75) is 57.5 Å². The molecule has 0 spiro atoms. The first kappa shape index (κ1) is 27.9. The van der Waals surface area contributed by atoms with E-state index in [1.165, 1.54) is 0 Å². The van der Waals surface area contributed by atoms with Gasteiger partial charge in [-0.3, -0.25) is 4.98 Å². The highest BCUT2D eigenvalue weighted by Crippen LogP contribution is 2.38. The molecule has 36 heavy (non-hydrogen) atoms. The molecule has 2 heterocycles. The number of rotatable bonds is 6. The molecule has 1 aliphatic heterocycles. The Morgan fingerprint density at radius 3 is 2.67 bits per heavy atom. The van der Waals surface area contributed by atoms with Gasteiger partial charge in [-0.05, 0) is 65.9 Å². The SMILES string of the molecule is CC(c1nc(/C=C/CNC(=O)OC(C)(C)C)cc2c(N[C@@H]3CCN(C)C[Si]3F)cccc12)C(F)(F)F. The normalized spacial score (nSPS) is 19.0. The van der Waals surface area contributed by atoms with Crippen molar-refractivity contribution in [2.75, 3.05) is 31.6 Å². The lowest BCUT2D eigenvalue weighted by Gasteiger charge is -2.32. The summed E-state index contributed by atoms with van der Waals surface area (Å²) in [5.74, 6) is -1.80. The van der Waals surface area contributed by atoms with E-state index in [4.69, 9.17) is 4.74 Å². The van der Waals surface area contributed by atoms with E-state index >= 15 is 0 Å². The van der Waals surface area contributed by atoms with Crippen LogP contribution in [0, 0.1) is 0 Å². The highest BCUT2D eigenvalue weighted by atomic mass is 28.3. The van der Waals surface area contributed by atoms with Crippen LogP contribution >= 0.6 is 0 Å². The van der Waals surface area contributed by atoms with E-state index in [1.54, 1.807) is 57.2 Å². The van der Waals surface area contributed by atoms with Crippen molar-refractivity contribution >= 4 is 37.8 Å². The molecule has 197 valence electrons. The molecule has 6 nitrogen and oxygen atoms in total. The number of nitrogens with zero attached hydrogens (tertiary/aromatic N) is 2. The van der Waals surface area contributed by atoms with Gasteiger partial charge in [0.05, 0.1) is 23.0 Å². The number of fused-ring (bicyclic) bond motifs is 1. The van der Waals surface area contributed by atoms with Gasteiger partial charge >= 0.3 is 21.4 Å². The van der Waals surface area contributed by atoms with Gasteiger partial charge in [0.15, 0.2) is 0 Å². The van der Waals surface area contributed by atoms with Crippen LogP contribution in [-0.2, 0) is 4.74 Å². The number of halogens is 4. The van der Waals surface area contributed by atoms with Crippen LogP contribution in [0.1, 0.15) is 51.4 Å². The minimum absolute atomic E-state index is 0.0995. The molecule has 2 N–H and O–H groups in total. The molecule has 1 unspecified atom stereocenters. The molecule has 1 fully saturated rings. The average molecular weight is 526 g/mol. The number of carbonyl (C=O) groups is 1. The Morgan fingerprint density at radius 2 is 2.03 bits per heavy atom. The molecule has 1 aromatic heterocycles. The summed E-state index contributed by atoms with van der Waals surface area (Å²) >= 11 is 0. The molecular formula is C25H33F4N4O2Si. The summed E-state index contributed by atoms with van der Waals surface area (Å²) in [7, 11) is -0.310. The van der Waals surface area contributed by atoms with E-state index in [9.17, 15) is 22.1 Å². The minimum atomic E-state index is -4.48. The lowest BCUT2D eigenvalue weighted by molar-refractivity contribution is -0.146. The summed E-state index contributed by atoms with van der Waals surface area (Å²) in [6, 6.07) is 6.72. The Hall–Kier alpha value is -2.66. The second kappa shape index (κ2) is 11.2. The molecule has 2 aromatic rings. The van der Waals surface area contributed by atoms with Crippen LogP contribution in [0.3, 0.4) is 0 Å². The van der Waals surface area contributed by atoms with Crippen molar-refractivity contribution in [1.29, 1.82) is 0 Å². The van der Waals surface area contributed by atoms with Crippen LogP contribution in [0.4, 0.5) is 27.8 Å². The molecule has 0 aliphatic carbocycles. The predicted octanol–water partition coefficient (Wildman–Crippen LogP) is 5.59. The number of pyridine rings is 1. The van der Waals surface area contributed by atoms with E-state index in [1.807, 2.05) is 11.9 Å². The van der Waals surface area contributed by atoms with Crippen LogP contribution in [0.25, 0.3) is 16.8 Å². The fourth-order valence-corrected chi connectivity index (χ4v) is 5.60. The zero-order chi connectivity index (χ0) is 26.7. The van der Waals surface area contributed by atoms with Crippen molar-refractivity contribution in [3.63, 3.8) is 0 Å². The summed E-state index contributed by atoms with van der Waals surface area (Å²) in [6.45, 7) is 7.18. The fraction of sp³-hybridized carbons (Fsp3) is 0.520. The van der Waals surface area contributed by atoms with E-state index in [-0.39, 0.29) is 17.9 Å². The number of alkyl halides is 3. The molecule has 1 amide bonds. The minimum Gasteiger partial charge on any atom is -0.444 e. The third-order valence-electron chi connectivity index (χ3n) is 5.81. The number of amides is 1. The van der Waals surface area contributed by atoms with Crippen molar-refractivity contribution in [2.24, 2.45) is 0 Å². The van der Waals surface area contributed by atoms with Gasteiger partial charge in [0, 0.05) is 29.2 Å². The number of ether oxygens (including phenoxy) is 1. The number of anilines is 1. The van der Waals surface area contributed by atoms with Gasteiger partial charge in [0.2, 0.25) is 0 Å². The maximum Gasteiger partial charge on any atom is 0.407 e. The molecule has 1 saturated heterocycles. The lowest BCUT2D eigenvalue weighted by Crippen LogP contribution is -2.49. The summed E-state index contributed by atoms with van der Waals surface area (Å²) < 4.78 is 61.1. The molecule has 1 aromatic carbocycles. The number of hydrogen-bond donors (Lipinski definition) is 2. The average Bonchev–Trinajstić information content (AvgIpc) is 2.76. The zero-order valence-electron chi connectivity index (χ0n) is 21.2. The summed E-state index contributed by atoms with van der Waals surface area (Å²) in [5, 5.41) is 6.76. The van der Waals surface area contributed by atoms with E-state index in [0.717, 1.165) is 13.5 Å². The summed E-state index contributed by atoms with van der Waals surface area (Å²) in [4.78, 5) is 18.1. The van der Waals surface area contributed by atoms with Crippen LogP contribution in [-0.4, -0.2) is 68.9 Å². The van der Waals surface area contributed by atoms with Crippen molar-refractivity contribution in [3.8, 4) is 0 Å². The van der Waals surface area contributed by atoms with Crippen LogP contribution < -0.4 is 10.6 Å². The first-order chi connectivity index (χ1) is 16.7. The van der Waals surface area contributed by atoms with Gasteiger partial charge in [-0.25, -0.2) is 4.79 Å². The van der Waals surface area contributed by atoms with Crippen LogP contribution in [0.15, 0.2) is 30.3 Å². The fourth-order valence-electron chi connectivity index (χ4n) is 3.95. The van der Waals surface area contributed by atoms with Crippen LogP contribution in [0.2, 0.25) is 0 Å². The monoisotopic (exact) mass is 525 g/mol. The lowest BCUT2D eigenvalue weighted by atomic mass is 9.98. The maximum atomic E-state index is 14.8. The molecule has 1 aliphatic rings. The Morgan fingerprint density at radius 1 is 1.31 bits per heavy atom. The number of alkyl carbamates (subject to hydrolysis) is 1. The molecule has 11 heteroatoms. The van der Waals surface area contributed by atoms with E-state index in [0.29, 0.717) is 34.7 Å². The Balaban J connectivity index is 1.93. The predicted molar refractivity (Wildman–Crippen MR) is 136 cm³/mol. The zero-order valence-corrected chi connectivity index (χ0v) is 22.2. The molecule has 1 radical (unpaired) electrons. The first-order valence-electron chi connectivity index (χ1n) is 11.8. The molecular weight excluding hydrogens is 492 g/mol. The Kier molecular flexibility index (Phi) is 8.66. The van der Waals surface area contributed by atoms with Gasteiger partial charge in [-0.15, -0.1) is 0 Å². The second-order valence-corrected chi connectivity index (χ2v) is 12.0. The highest BCUT2D eigenvalue weighted by Gasteiger charge is 2.39.